The van der Waals surface area contributed by atoms with Crippen LogP contribution < -0.4 is 9.47 Å². The minimum Gasteiger partial charge on any atom is -0.493 e. The van der Waals surface area contributed by atoms with Gasteiger partial charge >= 0.3 is 5.97 Å². The molecule has 100 valence electrons. The van der Waals surface area contributed by atoms with Crippen molar-refractivity contribution in [3.05, 3.63) is 30.1 Å². The highest BCUT2D eigenvalue weighted by atomic mass is 16.5. The molecule has 0 aliphatic rings. The lowest BCUT2D eigenvalue weighted by atomic mass is 10.0. The summed E-state index contributed by atoms with van der Waals surface area (Å²) in [4.78, 5) is 10.8. The van der Waals surface area contributed by atoms with Gasteiger partial charge in [-0.1, -0.05) is 6.07 Å². The first-order chi connectivity index (χ1) is 9.15. The van der Waals surface area contributed by atoms with Gasteiger partial charge in [-0.3, -0.25) is 9.89 Å². The number of hydrogen-bond donors (Lipinski definition) is 2. The van der Waals surface area contributed by atoms with Gasteiger partial charge in [-0.25, -0.2) is 0 Å². The first kappa shape index (κ1) is 12.9. The van der Waals surface area contributed by atoms with Crippen LogP contribution in [0.2, 0.25) is 0 Å². The Morgan fingerprint density at radius 1 is 1.32 bits per heavy atom. The van der Waals surface area contributed by atoms with Crippen LogP contribution in [0.3, 0.4) is 0 Å². The van der Waals surface area contributed by atoms with Gasteiger partial charge in [0.15, 0.2) is 11.5 Å². The van der Waals surface area contributed by atoms with E-state index < -0.39 is 5.97 Å². The van der Waals surface area contributed by atoms with E-state index >= 15 is 0 Å². The van der Waals surface area contributed by atoms with Crippen LogP contribution >= 0.6 is 0 Å². The van der Waals surface area contributed by atoms with Crippen LogP contribution in [0, 0.1) is 0 Å². The zero-order chi connectivity index (χ0) is 13.8. The van der Waals surface area contributed by atoms with Crippen LogP contribution in [-0.4, -0.2) is 35.5 Å². The van der Waals surface area contributed by atoms with Crippen LogP contribution in [-0.2, 0) is 11.2 Å². The molecule has 0 aliphatic heterocycles. The Kier molecular flexibility index (Phi) is 3.70. The Bertz CT molecular complexity index is 592. The van der Waals surface area contributed by atoms with Crippen molar-refractivity contribution in [2.75, 3.05) is 14.2 Å². The molecule has 0 amide bonds. The normalized spacial score (nSPS) is 10.2. The molecule has 2 N–H and O–H groups in total. The van der Waals surface area contributed by atoms with Gasteiger partial charge in [0.1, 0.15) is 0 Å². The number of carboxylic acid groups (broad SMARTS) is 1. The Labute approximate surface area is 110 Å². The first-order valence-electron chi connectivity index (χ1n) is 5.62. The Balaban J connectivity index is 2.42. The highest BCUT2D eigenvalue weighted by Crippen LogP contribution is 2.33. The van der Waals surface area contributed by atoms with Gasteiger partial charge in [-0.2, -0.15) is 5.10 Å². The van der Waals surface area contributed by atoms with Crippen LogP contribution in [0.15, 0.2) is 24.4 Å². The summed E-state index contributed by atoms with van der Waals surface area (Å²) in [6.07, 6.45) is 1.49. The molecule has 0 saturated heterocycles. The molecule has 19 heavy (non-hydrogen) atoms. The molecule has 1 aromatic carbocycles. The highest BCUT2D eigenvalue weighted by molar-refractivity contribution is 5.76. The SMILES string of the molecule is COc1ccc(-c2cn[nH]c2CC(=O)O)cc1OC. The summed E-state index contributed by atoms with van der Waals surface area (Å²) >= 11 is 0. The number of H-pyrrole nitrogens is 1. The zero-order valence-electron chi connectivity index (χ0n) is 10.6. The fraction of sp³-hybridized carbons (Fsp3) is 0.231. The Morgan fingerprint density at radius 3 is 2.68 bits per heavy atom. The third kappa shape index (κ3) is 2.67. The Hall–Kier alpha value is -2.50. The van der Waals surface area contributed by atoms with E-state index in [2.05, 4.69) is 10.2 Å². The number of methoxy groups -OCH3 is 2. The lowest BCUT2D eigenvalue weighted by Crippen LogP contribution is -2.01. The summed E-state index contributed by atoms with van der Waals surface area (Å²) in [5, 5.41) is 15.4. The number of nitrogens with one attached hydrogen (secondary N) is 1. The molecule has 0 radical (unpaired) electrons. The number of ether oxygens (including phenoxy) is 2. The molecule has 2 rings (SSSR count). The summed E-state index contributed by atoms with van der Waals surface area (Å²) in [5.74, 6) is 0.294. The lowest BCUT2D eigenvalue weighted by Gasteiger charge is -2.09. The van der Waals surface area contributed by atoms with Gasteiger partial charge in [0.25, 0.3) is 0 Å². The van der Waals surface area contributed by atoms with Crippen molar-refractivity contribution in [1.29, 1.82) is 0 Å². The molecule has 6 nitrogen and oxygen atoms in total. The number of carboxylic acids is 1. The summed E-state index contributed by atoms with van der Waals surface area (Å²) in [7, 11) is 3.11. The second-order valence-electron chi connectivity index (χ2n) is 3.90. The van der Waals surface area contributed by atoms with Gasteiger partial charge in [-0.15, -0.1) is 0 Å². The molecule has 0 atom stereocenters. The summed E-state index contributed by atoms with van der Waals surface area (Å²) in [6.45, 7) is 0. The first-order valence-corrected chi connectivity index (χ1v) is 5.62. The van der Waals surface area contributed by atoms with Gasteiger partial charge in [0.2, 0.25) is 0 Å². The van der Waals surface area contributed by atoms with Crippen molar-refractivity contribution >= 4 is 5.97 Å². The molecule has 0 fully saturated rings. The molecule has 0 bridgehead atoms. The number of benzene rings is 1. The summed E-state index contributed by atoms with van der Waals surface area (Å²) in [5.41, 5.74) is 2.12. The van der Waals surface area contributed by atoms with Crippen LogP contribution in [0.1, 0.15) is 5.69 Å². The van der Waals surface area contributed by atoms with Gasteiger partial charge in [0, 0.05) is 5.56 Å². The number of aromatic nitrogens is 2. The van der Waals surface area contributed by atoms with E-state index in [-0.39, 0.29) is 6.42 Å². The van der Waals surface area contributed by atoms with Crippen LogP contribution in [0.25, 0.3) is 11.1 Å². The number of nitrogens with zero attached hydrogens (tertiary/aromatic N) is 1. The minimum absolute atomic E-state index is 0.107. The maximum Gasteiger partial charge on any atom is 0.309 e. The molecule has 1 heterocycles. The fourth-order valence-corrected chi connectivity index (χ4v) is 1.85. The van der Waals surface area contributed by atoms with Crippen LogP contribution in [0.5, 0.6) is 11.5 Å². The lowest BCUT2D eigenvalue weighted by molar-refractivity contribution is -0.136. The molecule has 2 aromatic rings. The van der Waals surface area contributed by atoms with Gasteiger partial charge in [-0.05, 0) is 17.7 Å². The predicted octanol–water partition coefficient (Wildman–Crippen LogP) is 1.72. The second-order valence-corrected chi connectivity index (χ2v) is 3.90. The van der Waals surface area contributed by atoms with E-state index in [4.69, 9.17) is 14.6 Å². The van der Waals surface area contributed by atoms with E-state index in [9.17, 15) is 4.79 Å². The molecule has 0 unspecified atom stereocenters. The molecule has 0 saturated carbocycles. The average molecular weight is 262 g/mol. The minimum atomic E-state index is -0.911. The monoisotopic (exact) mass is 262 g/mol. The van der Waals surface area contributed by atoms with Crippen molar-refractivity contribution in [3.63, 3.8) is 0 Å². The third-order valence-corrected chi connectivity index (χ3v) is 2.74. The number of rotatable bonds is 5. The van der Waals surface area contributed by atoms with Crippen molar-refractivity contribution in [2.24, 2.45) is 0 Å². The van der Waals surface area contributed by atoms with Crippen molar-refractivity contribution in [2.45, 2.75) is 6.42 Å². The van der Waals surface area contributed by atoms with E-state index in [1.165, 1.54) is 0 Å². The van der Waals surface area contributed by atoms with E-state index in [1.807, 2.05) is 6.07 Å². The van der Waals surface area contributed by atoms with E-state index in [1.54, 1.807) is 32.5 Å². The maximum absolute atomic E-state index is 10.8. The van der Waals surface area contributed by atoms with E-state index in [0.717, 1.165) is 11.1 Å². The van der Waals surface area contributed by atoms with Gasteiger partial charge < -0.3 is 14.6 Å². The third-order valence-electron chi connectivity index (χ3n) is 2.74. The molecular weight excluding hydrogens is 248 g/mol. The average Bonchev–Trinajstić information content (AvgIpc) is 2.85. The summed E-state index contributed by atoms with van der Waals surface area (Å²) < 4.78 is 10.4. The van der Waals surface area contributed by atoms with Crippen molar-refractivity contribution < 1.29 is 19.4 Å². The van der Waals surface area contributed by atoms with E-state index in [0.29, 0.717) is 17.2 Å². The second kappa shape index (κ2) is 5.43. The van der Waals surface area contributed by atoms with Crippen LogP contribution in [0.4, 0.5) is 0 Å². The number of aromatic amines is 1. The number of aliphatic carboxylic acids is 1. The fourth-order valence-electron chi connectivity index (χ4n) is 1.85. The molecule has 1 aromatic heterocycles. The van der Waals surface area contributed by atoms with Crippen molar-refractivity contribution in [1.82, 2.24) is 10.2 Å². The standard InChI is InChI=1S/C13H14N2O4/c1-18-11-4-3-8(5-12(11)19-2)9-7-14-15-10(9)6-13(16)17/h3-5,7H,6H2,1-2H3,(H,14,15)(H,16,17). The topological polar surface area (TPSA) is 84.4 Å². The predicted molar refractivity (Wildman–Crippen MR) is 68.5 cm³/mol. The largest absolute Gasteiger partial charge is 0.493 e. The van der Waals surface area contributed by atoms with Gasteiger partial charge in [0.05, 0.1) is 32.5 Å². The van der Waals surface area contributed by atoms with Crippen molar-refractivity contribution in [3.8, 4) is 22.6 Å². The quantitative estimate of drug-likeness (QED) is 0.857. The molecular formula is C13H14N2O4. The Morgan fingerprint density at radius 2 is 2.05 bits per heavy atom. The smallest absolute Gasteiger partial charge is 0.309 e. The molecule has 0 spiro atoms. The number of hydrogen-bond acceptors (Lipinski definition) is 4. The highest BCUT2D eigenvalue weighted by Gasteiger charge is 2.13. The zero-order valence-corrected chi connectivity index (χ0v) is 10.6. The summed E-state index contributed by atoms with van der Waals surface area (Å²) in [6, 6.07) is 5.39. The molecule has 0 aliphatic carbocycles. The molecule has 6 heteroatoms. The maximum atomic E-state index is 10.8. The number of carbonyl (C=O) groups is 1.